The predicted octanol–water partition coefficient (Wildman–Crippen LogP) is 4.53. The van der Waals surface area contributed by atoms with Gasteiger partial charge >= 0.3 is 0 Å². The molecule has 1 amide bonds. The van der Waals surface area contributed by atoms with Gasteiger partial charge in [-0.25, -0.2) is 4.98 Å². The van der Waals surface area contributed by atoms with Gasteiger partial charge in [0.1, 0.15) is 0 Å². The van der Waals surface area contributed by atoms with E-state index < -0.39 is 0 Å². The van der Waals surface area contributed by atoms with E-state index in [0.29, 0.717) is 10.7 Å². The number of hydrogen-bond donors (Lipinski definition) is 1. The molecule has 0 fully saturated rings. The minimum atomic E-state index is -0.182. The Bertz CT molecular complexity index is 800. The first kappa shape index (κ1) is 14.9. The van der Waals surface area contributed by atoms with Crippen LogP contribution in [-0.4, -0.2) is 15.9 Å². The zero-order valence-electron chi connectivity index (χ0n) is 11.7. The summed E-state index contributed by atoms with van der Waals surface area (Å²) in [6.45, 7) is 2.00. The van der Waals surface area contributed by atoms with Gasteiger partial charge in [0.25, 0.3) is 5.91 Å². The third-order valence-electron chi connectivity index (χ3n) is 3.08. The summed E-state index contributed by atoms with van der Waals surface area (Å²) in [5.41, 5.74) is 2.48. The van der Waals surface area contributed by atoms with Crippen molar-refractivity contribution in [3.63, 3.8) is 0 Å². The molecule has 0 saturated carbocycles. The first-order chi connectivity index (χ1) is 10.6. The number of aryl methyl sites for hydroxylation is 1. The Morgan fingerprint density at radius 1 is 1.14 bits per heavy atom. The van der Waals surface area contributed by atoms with Gasteiger partial charge in [-0.3, -0.25) is 15.1 Å². The molecule has 3 aromatic rings. The number of rotatable bonds is 3. The Balaban J connectivity index is 1.83. The second-order valence-electron chi connectivity index (χ2n) is 4.62. The van der Waals surface area contributed by atoms with E-state index in [1.54, 1.807) is 24.5 Å². The average Bonchev–Trinajstić information content (AvgIpc) is 2.89. The Morgan fingerprint density at radius 2 is 1.82 bits per heavy atom. The maximum Gasteiger partial charge on any atom is 0.257 e. The number of aromatic nitrogens is 2. The number of anilines is 1. The lowest BCUT2D eigenvalue weighted by Crippen LogP contribution is -2.11. The highest BCUT2D eigenvalue weighted by Gasteiger charge is 2.13. The third-order valence-corrected chi connectivity index (χ3v) is 4.49. The van der Waals surface area contributed by atoms with Crippen LogP contribution in [0.2, 0.25) is 0 Å². The quantitative estimate of drug-likeness (QED) is 0.733. The topological polar surface area (TPSA) is 54.9 Å². The van der Waals surface area contributed by atoms with Gasteiger partial charge in [0.05, 0.1) is 5.69 Å². The van der Waals surface area contributed by atoms with Crippen molar-refractivity contribution in [2.75, 3.05) is 5.32 Å². The fourth-order valence-electron chi connectivity index (χ4n) is 2.00. The highest BCUT2D eigenvalue weighted by Crippen LogP contribution is 2.31. The van der Waals surface area contributed by atoms with Crippen LogP contribution in [0.1, 0.15) is 15.2 Å². The zero-order chi connectivity index (χ0) is 15.5. The van der Waals surface area contributed by atoms with E-state index in [9.17, 15) is 4.79 Å². The van der Waals surface area contributed by atoms with Crippen LogP contribution in [0.25, 0.3) is 11.3 Å². The summed E-state index contributed by atoms with van der Waals surface area (Å²) in [5.74, 6) is -0.182. The van der Waals surface area contributed by atoms with E-state index in [4.69, 9.17) is 0 Å². The SMILES string of the molecule is Cc1sc(NC(=O)c2ccncc2)nc1-c1ccc(Br)cc1. The molecule has 1 N–H and O–H groups in total. The first-order valence-corrected chi connectivity index (χ1v) is 8.19. The van der Waals surface area contributed by atoms with Crippen LogP contribution in [0.15, 0.2) is 53.3 Å². The number of amides is 1. The highest BCUT2D eigenvalue weighted by molar-refractivity contribution is 9.10. The van der Waals surface area contributed by atoms with Gasteiger partial charge < -0.3 is 0 Å². The normalized spacial score (nSPS) is 10.5. The van der Waals surface area contributed by atoms with E-state index in [-0.39, 0.29) is 5.91 Å². The molecule has 3 rings (SSSR count). The second-order valence-corrected chi connectivity index (χ2v) is 6.74. The van der Waals surface area contributed by atoms with Crippen LogP contribution in [0.5, 0.6) is 0 Å². The van der Waals surface area contributed by atoms with E-state index in [1.165, 1.54) is 11.3 Å². The van der Waals surface area contributed by atoms with Crippen molar-refractivity contribution >= 4 is 38.3 Å². The number of pyridine rings is 1. The summed E-state index contributed by atoms with van der Waals surface area (Å²) in [6.07, 6.45) is 3.19. The van der Waals surface area contributed by atoms with Crippen molar-refractivity contribution in [2.45, 2.75) is 6.92 Å². The predicted molar refractivity (Wildman–Crippen MR) is 92.2 cm³/mol. The molecule has 0 aliphatic carbocycles. The number of carbonyl (C=O) groups excluding carboxylic acids is 1. The van der Waals surface area contributed by atoms with E-state index in [1.807, 2.05) is 31.2 Å². The molecular formula is C16H12BrN3OS. The molecule has 0 unspecified atom stereocenters. The van der Waals surface area contributed by atoms with Crippen LogP contribution in [0.3, 0.4) is 0 Å². The summed E-state index contributed by atoms with van der Waals surface area (Å²) in [6, 6.07) is 11.3. The maximum atomic E-state index is 12.1. The lowest BCUT2D eigenvalue weighted by Gasteiger charge is -2.00. The smallest absolute Gasteiger partial charge is 0.257 e. The molecule has 2 heterocycles. The van der Waals surface area contributed by atoms with Crippen molar-refractivity contribution in [3.8, 4) is 11.3 Å². The van der Waals surface area contributed by atoms with E-state index in [0.717, 1.165) is 20.6 Å². The molecule has 22 heavy (non-hydrogen) atoms. The summed E-state index contributed by atoms with van der Waals surface area (Å²) < 4.78 is 1.02. The van der Waals surface area contributed by atoms with Crippen LogP contribution in [0.4, 0.5) is 5.13 Å². The van der Waals surface area contributed by atoms with Crippen molar-refractivity contribution in [1.82, 2.24) is 9.97 Å². The third kappa shape index (κ3) is 3.23. The summed E-state index contributed by atoms with van der Waals surface area (Å²) in [5, 5.41) is 3.43. The summed E-state index contributed by atoms with van der Waals surface area (Å²) in [4.78, 5) is 21.6. The first-order valence-electron chi connectivity index (χ1n) is 6.58. The van der Waals surface area contributed by atoms with E-state index in [2.05, 4.69) is 31.2 Å². The average molecular weight is 374 g/mol. The van der Waals surface area contributed by atoms with Crippen molar-refractivity contribution in [2.24, 2.45) is 0 Å². The van der Waals surface area contributed by atoms with Crippen LogP contribution < -0.4 is 5.32 Å². The standard InChI is InChI=1S/C16H12BrN3OS/c1-10-14(11-2-4-13(17)5-3-11)19-16(22-10)20-15(21)12-6-8-18-9-7-12/h2-9H,1H3,(H,19,20,21). The van der Waals surface area contributed by atoms with E-state index >= 15 is 0 Å². The van der Waals surface area contributed by atoms with Crippen LogP contribution >= 0.6 is 27.3 Å². The van der Waals surface area contributed by atoms with Gasteiger partial charge in [0, 0.05) is 32.9 Å². The lowest BCUT2D eigenvalue weighted by atomic mass is 10.1. The van der Waals surface area contributed by atoms with Crippen LogP contribution in [0, 0.1) is 6.92 Å². The van der Waals surface area contributed by atoms with Gasteiger partial charge in [-0.1, -0.05) is 28.1 Å². The number of nitrogens with zero attached hydrogens (tertiary/aromatic N) is 2. The lowest BCUT2D eigenvalue weighted by molar-refractivity contribution is 0.102. The van der Waals surface area contributed by atoms with Crippen molar-refractivity contribution in [1.29, 1.82) is 0 Å². The monoisotopic (exact) mass is 373 g/mol. The molecule has 2 aromatic heterocycles. The largest absolute Gasteiger partial charge is 0.298 e. The molecule has 110 valence electrons. The van der Waals surface area contributed by atoms with Gasteiger partial charge in [0.2, 0.25) is 0 Å². The minimum absolute atomic E-state index is 0.182. The minimum Gasteiger partial charge on any atom is -0.298 e. The van der Waals surface area contributed by atoms with Crippen LogP contribution in [-0.2, 0) is 0 Å². The molecule has 0 bridgehead atoms. The summed E-state index contributed by atoms with van der Waals surface area (Å²) >= 11 is 4.89. The molecule has 0 aliphatic heterocycles. The Kier molecular flexibility index (Phi) is 4.31. The van der Waals surface area contributed by atoms with Crippen molar-refractivity contribution in [3.05, 3.63) is 63.7 Å². The van der Waals surface area contributed by atoms with Gasteiger partial charge in [-0.15, -0.1) is 11.3 Å². The maximum absolute atomic E-state index is 12.1. The fourth-order valence-corrected chi connectivity index (χ4v) is 3.09. The molecular weight excluding hydrogens is 362 g/mol. The molecule has 4 nitrogen and oxygen atoms in total. The number of thiazole rings is 1. The number of carbonyl (C=O) groups is 1. The zero-order valence-corrected chi connectivity index (χ0v) is 14.1. The molecule has 1 aromatic carbocycles. The molecule has 0 spiro atoms. The Morgan fingerprint density at radius 3 is 2.50 bits per heavy atom. The van der Waals surface area contributed by atoms with Gasteiger partial charge in [-0.2, -0.15) is 0 Å². The number of halogens is 1. The number of hydrogen-bond acceptors (Lipinski definition) is 4. The molecule has 0 saturated heterocycles. The second kappa shape index (κ2) is 6.37. The highest BCUT2D eigenvalue weighted by atomic mass is 79.9. The Labute approximate surface area is 140 Å². The molecule has 6 heteroatoms. The molecule has 0 aliphatic rings. The van der Waals surface area contributed by atoms with Crippen molar-refractivity contribution < 1.29 is 4.79 Å². The van der Waals surface area contributed by atoms with Gasteiger partial charge in [0.15, 0.2) is 5.13 Å². The molecule has 0 radical (unpaired) electrons. The molecule has 0 atom stereocenters. The fraction of sp³-hybridized carbons (Fsp3) is 0.0625. The summed E-state index contributed by atoms with van der Waals surface area (Å²) in [7, 11) is 0. The Hall–Kier alpha value is -2.05. The number of nitrogens with one attached hydrogen (secondary N) is 1. The number of benzene rings is 1. The van der Waals surface area contributed by atoms with Gasteiger partial charge in [-0.05, 0) is 31.2 Å².